The van der Waals surface area contributed by atoms with Crippen molar-refractivity contribution in [3.63, 3.8) is 0 Å². The Bertz CT molecular complexity index is 659. The number of para-hydroxylation sites is 1. The highest BCUT2D eigenvalue weighted by Crippen LogP contribution is 2.29. The number of amides is 1. The normalized spacial score (nSPS) is 10.1. The first-order valence-electron chi connectivity index (χ1n) is 5.78. The summed E-state index contributed by atoms with van der Waals surface area (Å²) in [6, 6.07) is 13.1. The molecule has 0 bridgehead atoms. The first-order chi connectivity index (χ1) is 9.52. The van der Waals surface area contributed by atoms with Gasteiger partial charge in [-0.05, 0) is 18.2 Å². The van der Waals surface area contributed by atoms with Crippen molar-refractivity contribution >= 4 is 28.9 Å². The van der Waals surface area contributed by atoms with E-state index in [2.05, 4.69) is 0 Å². The summed E-state index contributed by atoms with van der Waals surface area (Å²) in [7, 11) is 1.59. The molecule has 0 heterocycles. The van der Waals surface area contributed by atoms with Crippen LogP contribution >= 0.6 is 11.6 Å². The van der Waals surface area contributed by atoms with Gasteiger partial charge in [0.1, 0.15) is 5.02 Å². The zero-order valence-corrected chi connectivity index (χ0v) is 11.4. The van der Waals surface area contributed by atoms with Crippen LogP contribution in [-0.4, -0.2) is 17.9 Å². The molecule has 0 atom stereocenters. The highest BCUT2D eigenvalue weighted by Gasteiger charge is 2.22. The third-order valence-electron chi connectivity index (χ3n) is 2.85. The number of carbonyl (C=O) groups is 1. The number of hydrogen-bond donors (Lipinski definition) is 0. The van der Waals surface area contributed by atoms with Crippen molar-refractivity contribution < 1.29 is 9.72 Å². The number of benzene rings is 2. The lowest BCUT2D eigenvalue weighted by atomic mass is 10.1. The zero-order chi connectivity index (χ0) is 14.7. The van der Waals surface area contributed by atoms with Crippen LogP contribution in [-0.2, 0) is 0 Å². The molecule has 5 nitrogen and oxygen atoms in total. The van der Waals surface area contributed by atoms with Gasteiger partial charge in [0, 0.05) is 18.8 Å². The molecule has 0 saturated carbocycles. The number of nitro benzene ring substituents is 1. The molecule has 6 heteroatoms. The van der Waals surface area contributed by atoms with Gasteiger partial charge in [-0.1, -0.05) is 35.9 Å². The molecule has 0 aliphatic carbocycles. The lowest BCUT2D eigenvalue weighted by Gasteiger charge is -2.17. The predicted molar refractivity (Wildman–Crippen MR) is 77.3 cm³/mol. The monoisotopic (exact) mass is 290 g/mol. The van der Waals surface area contributed by atoms with E-state index in [1.54, 1.807) is 31.3 Å². The van der Waals surface area contributed by atoms with Crippen molar-refractivity contribution in [2.24, 2.45) is 0 Å². The van der Waals surface area contributed by atoms with Gasteiger partial charge in [-0.15, -0.1) is 0 Å². The van der Waals surface area contributed by atoms with Gasteiger partial charge in [0.05, 0.1) is 10.5 Å². The van der Waals surface area contributed by atoms with Crippen LogP contribution in [0.5, 0.6) is 0 Å². The van der Waals surface area contributed by atoms with Crippen molar-refractivity contribution in [1.29, 1.82) is 0 Å². The number of carbonyl (C=O) groups excluding carboxylic acids is 1. The minimum Gasteiger partial charge on any atom is -0.311 e. The second kappa shape index (κ2) is 5.71. The van der Waals surface area contributed by atoms with Gasteiger partial charge in [0.25, 0.3) is 11.6 Å². The Kier molecular flexibility index (Phi) is 4.00. The van der Waals surface area contributed by atoms with E-state index in [1.165, 1.54) is 23.1 Å². The van der Waals surface area contributed by atoms with Gasteiger partial charge in [-0.25, -0.2) is 0 Å². The van der Waals surface area contributed by atoms with E-state index in [1.807, 2.05) is 6.07 Å². The van der Waals surface area contributed by atoms with Gasteiger partial charge < -0.3 is 4.90 Å². The molecule has 0 radical (unpaired) electrons. The number of hydrogen-bond acceptors (Lipinski definition) is 3. The van der Waals surface area contributed by atoms with Crippen LogP contribution < -0.4 is 4.90 Å². The third kappa shape index (κ3) is 2.62. The minimum absolute atomic E-state index is 0.104. The smallest absolute Gasteiger partial charge is 0.288 e. The van der Waals surface area contributed by atoms with E-state index < -0.39 is 10.8 Å². The van der Waals surface area contributed by atoms with E-state index in [0.29, 0.717) is 5.69 Å². The molecular formula is C14H11ClN2O3. The maximum absolute atomic E-state index is 12.4. The number of halogens is 1. The topological polar surface area (TPSA) is 63.5 Å². The van der Waals surface area contributed by atoms with Gasteiger partial charge in [-0.3, -0.25) is 14.9 Å². The SMILES string of the molecule is CN(C(=O)c1cccc([N+](=O)[O-])c1Cl)c1ccccc1. The molecule has 0 spiro atoms. The molecular weight excluding hydrogens is 280 g/mol. The van der Waals surface area contributed by atoms with Gasteiger partial charge in [0.15, 0.2) is 0 Å². The Hall–Kier alpha value is -2.40. The molecule has 0 N–H and O–H groups in total. The second-order valence-corrected chi connectivity index (χ2v) is 4.47. The van der Waals surface area contributed by atoms with E-state index in [-0.39, 0.29) is 16.3 Å². The Morgan fingerprint density at radius 2 is 1.80 bits per heavy atom. The Balaban J connectivity index is 2.40. The fourth-order valence-electron chi connectivity index (χ4n) is 1.78. The van der Waals surface area contributed by atoms with Crippen LogP contribution in [0.3, 0.4) is 0 Å². The molecule has 1 amide bonds. The van der Waals surface area contributed by atoms with Crippen LogP contribution in [0, 0.1) is 10.1 Å². The number of nitro groups is 1. The van der Waals surface area contributed by atoms with Crippen LogP contribution in [0.15, 0.2) is 48.5 Å². The van der Waals surface area contributed by atoms with Gasteiger partial charge >= 0.3 is 0 Å². The van der Waals surface area contributed by atoms with Crippen molar-refractivity contribution in [3.8, 4) is 0 Å². The second-order valence-electron chi connectivity index (χ2n) is 4.10. The summed E-state index contributed by atoms with van der Waals surface area (Å²) in [6.07, 6.45) is 0. The molecule has 2 aromatic carbocycles. The Morgan fingerprint density at radius 1 is 1.15 bits per heavy atom. The van der Waals surface area contributed by atoms with Crippen LogP contribution in [0.4, 0.5) is 11.4 Å². The van der Waals surface area contributed by atoms with Gasteiger partial charge in [0.2, 0.25) is 0 Å². The van der Waals surface area contributed by atoms with Crippen molar-refractivity contribution in [3.05, 3.63) is 69.2 Å². The van der Waals surface area contributed by atoms with E-state index in [4.69, 9.17) is 11.6 Å². The molecule has 20 heavy (non-hydrogen) atoms. The number of nitrogens with zero attached hydrogens (tertiary/aromatic N) is 2. The lowest BCUT2D eigenvalue weighted by Crippen LogP contribution is -2.26. The molecule has 0 aliphatic heterocycles. The standard InChI is InChI=1S/C14H11ClN2O3/c1-16(10-6-3-2-4-7-10)14(18)11-8-5-9-12(13(11)15)17(19)20/h2-9H,1H3. The molecule has 2 aromatic rings. The largest absolute Gasteiger partial charge is 0.311 e. The first-order valence-corrected chi connectivity index (χ1v) is 6.16. The number of anilines is 1. The van der Waals surface area contributed by atoms with Crippen molar-refractivity contribution in [2.45, 2.75) is 0 Å². The summed E-state index contributed by atoms with van der Waals surface area (Å²) >= 11 is 5.94. The van der Waals surface area contributed by atoms with Crippen LogP contribution in [0.1, 0.15) is 10.4 Å². The van der Waals surface area contributed by atoms with E-state index in [0.717, 1.165) is 0 Å². The number of rotatable bonds is 3. The maximum Gasteiger partial charge on any atom is 0.288 e. The summed E-state index contributed by atoms with van der Waals surface area (Å²) in [5.41, 5.74) is 0.506. The molecule has 0 unspecified atom stereocenters. The third-order valence-corrected chi connectivity index (χ3v) is 3.25. The molecule has 0 aliphatic rings. The van der Waals surface area contributed by atoms with Gasteiger partial charge in [-0.2, -0.15) is 0 Å². The molecule has 0 saturated heterocycles. The quantitative estimate of drug-likeness (QED) is 0.642. The predicted octanol–water partition coefficient (Wildman–Crippen LogP) is 3.52. The summed E-state index contributed by atoms with van der Waals surface area (Å²) in [5, 5.41) is 10.7. The maximum atomic E-state index is 12.4. The average Bonchev–Trinajstić information content (AvgIpc) is 2.46. The lowest BCUT2D eigenvalue weighted by molar-refractivity contribution is -0.384. The Labute approximate surface area is 120 Å². The van der Waals surface area contributed by atoms with Crippen LogP contribution in [0.25, 0.3) is 0 Å². The summed E-state index contributed by atoms with van der Waals surface area (Å²) in [4.78, 5) is 24.0. The fourth-order valence-corrected chi connectivity index (χ4v) is 2.05. The summed E-state index contributed by atoms with van der Waals surface area (Å²) < 4.78 is 0. The Morgan fingerprint density at radius 3 is 2.40 bits per heavy atom. The van der Waals surface area contributed by atoms with Crippen molar-refractivity contribution in [2.75, 3.05) is 11.9 Å². The highest BCUT2D eigenvalue weighted by molar-refractivity contribution is 6.36. The molecule has 0 fully saturated rings. The fraction of sp³-hybridized carbons (Fsp3) is 0.0714. The first kappa shape index (κ1) is 14.0. The summed E-state index contributed by atoms with van der Waals surface area (Å²) in [6.45, 7) is 0. The molecule has 102 valence electrons. The van der Waals surface area contributed by atoms with Crippen LogP contribution in [0.2, 0.25) is 5.02 Å². The highest BCUT2D eigenvalue weighted by atomic mass is 35.5. The average molecular weight is 291 g/mol. The van der Waals surface area contributed by atoms with E-state index in [9.17, 15) is 14.9 Å². The van der Waals surface area contributed by atoms with Crippen molar-refractivity contribution in [1.82, 2.24) is 0 Å². The zero-order valence-electron chi connectivity index (χ0n) is 10.6. The minimum atomic E-state index is -0.609. The van der Waals surface area contributed by atoms with E-state index >= 15 is 0 Å². The summed E-state index contributed by atoms with van der Waals surface area (Å²) in [5.74, 6) is -0.398. The molecule has 2 rings (SSSR count). The molecule has 0 aromatic heterocycles.